The van der Waals surface area contributed by atoms with Gasteiger partial charge < -0.3 is 11.1 Å². The summed E-state index contributed by atoms with van der Waals surface area (Å²) in [7, 11) is 0. The molecule has 1 amide bonds. The lowest BCUT2D eigenvalue weighted by atomic mass is 10.1. The Kier molecular flexibility index (Phi) is 4.12. The van der Waals surface area contributed by atoms with E-state index >= 15 is 0 Å². The normalized spacial score (nSPS) is 17.6. The summed E-state index contributed by atoms with van der Waals surface area (Å²) in [5.74, 6) is 0.158. The van der Waals surface area contributed by atoms with E-state index in [0.717, 1.165) is 31.7 Å². The molecule has 1 fully saturated rings. The largest absolute Gasteiger partial charge is 0.355 e. The first-order valence-corrected chi connectivity index (χ1v) is 6.05. The first-order chi connectivity index (χ1) is 8.28. The zero-order chi connectivity index (χ0) is 12.1. The van der Waals surface area contributed by atoms with E-state index in [1.807, 2.05) is 0 Å². The summed E-state index contributed by atoms with van der Waals surface area (Å²) >= 11 is 0. The molecule has 4 nitrogen and oxygen atoms in total. The molecule has 1 aromatic carbocycles. The van der Waals surface area contributed by atoms with Gasteiger partial charge in [-0.05, 0) is 11.1 Å². The molecule has 1 aliphatic heterocycles. The van der Waals surface area contributed by atoms with E-state index in [-0.39, 0.29) is 5.91 Å². The molecule has 2 rings (SSSR count). The number of amides is 1. The SMILES string of the molecule is NCc1ccc(CN2CCNC(=O)CC2)cc1. The predicted octanol–water partition coefficient (Wildman–Crippen LogP) is 0.467. The first kappa shape index (κ1) is 12.1. The highest BCUT2D eigenvalue weighted by atomic mass is 16.1. The van der Waals surface area contributed by atoms with Gasteiger partial charge in [0, 0.05) is 39.1 Å². The monoisotopic (exact) mass is 233 g/mol. The third kappa shape index (κ3) is 3.54. The lowest BCUT2D eigenvalue weighted by Crippen LogP contribution is -2.28. The maximum absolute atomic E-state index is 11.2. The number of nitrogens with zero attached hydrogens (tertiary/aromatic N) is 1. The number of nitrogens with two attached hydrogens (primary N) is 1. The summed E-state index contributed by atoms with van der Waals surface area (Å²) in [5.41, 5.74) is 7.99. The van der Waals surface area contributed by atoms with Gasteiger partial charge in [0.05, 0.1) is 0 Å². The lowest BCUT2D eigenvalue weighted by molar-refractivity contribution is -0.120. The molecule has 1 aromatic rings. The molecule has 0 atom stereocenters. The molecule has 0 aromatic heterocycles. The highest BCUT2D eigenvalue weighted by Crippen LogP contribution is 2.08. The number of rotatable bonds is 3. The van der Waals surface area contributed by atoms with E-state index in [9.17, 15) is 4.79 Å². The van der Waals surface area contributed by atoms with Gasteiger partial charge in [-0.1, -0.05) is 24.3 Å². The Bertz CT molecular complexity index is 375. The second-order valence-electron chi connectivity index (χ2n) is 4.40. The molecule has 4 heteroatoms. The van der Waals surface area contributed by atoms with Crippen molar-refractivity contribution in [1.82, 2.24) is 10.2 Å². The van der Waals surface area contributed by atoms with Crippen LogP contribution in [-0.2, 0) is 17.9 Å². The van der Waals surface area contributed by atoms with Crippen LogP contribution in [0.3, 0.4) is 0 Å². The number of nitrogens with one attached hydrogen (secondary N) is 1. The number of carbonyl (C=O) groups is 1. The van der Waals surface area contributed by atoms with Crippen molar-refractivity contribution in [3.8, 4) is 0 Å². The fourth-order valence-corrected chi connectivity index (χ4v) is 2.01. The molecule has 0 saturated carbocycles. The van der Waals surface area contributed by atoms with Crippen molar-refractivity contribution in [2.75, 3.05) is 19.6 Å². The van der Waals surface area contributed by atoms with Crippen LogP contribution in [0, 0.1) is 0 Å². The van der Waals surface area contributed by atoms with E-state index in [0.29, 0.717) is 13.0 Å². The minimum absolute atomic E-state index is 0.158. The van der Waals surface area contributed by atoms with E-state index in [1.54, 1.807) is 0 Å². The van der Waals surface area contributed by atoms with Crippen LogP contribution in [0.4, 0.5) is 0 Å². The lowest BCUT2D eigenvalue weighted by Gasteiger charge is -2.18. The van der Waals surface area contributed by atoms with Gasteiger partial charge in [0.15, 0.2) is 0 Å². The molecular weight excluding hydrogens is 214 g/mol. The highest BCUT2D eigenvalue weighted by Gasteiger charge is 2.13. The summed E-state index contributed by atoms with van der Waals surface area (Å²) in [6.07, 6.45) is 0.598. The Hall–Kier alpha value is -1.39. The summed E-state index contributed by atoms with van der Waals surface area (Å²) in [5, 5.41) is 2.88. The maximum Gasteiger partial charge on any atom is 0.221 e. The van der Waals surface area contributed by atoms with Crippen molar-refractivity contribution in [3.63, 3.8) is 0 Å². The Balaban J connectivity index is 1.92. The third-order valence-corrected chi connectivity index (χ3v) is 3.07. The summed E-state index contributed by atoms with van der Waals surface area (Å²) < 4.78 is 0. The Labute approximate surface area is 102 Å². The number of carbonyl (C=O) groups excluding carboxylic acids is 1. The van der Waals surface area contributed by atoms with Gasteiger partial charge in [0.2, 0.25) is 5.91 Å². The molecule has 1 saturated heterocycles. The minimum atomic E-state index is 0.158. The van der Waals surface area contributed by atoms with Crippen LogP contribution in [0.5, 0.6) is 0 Å². The average Bonchev–Trinajstić information content (AvgIpc) is 2.56. The molecular formula is C13H19N3O. The molecule has 0 unspecified atom stereocenters. The van der Waals surface area contributed by atoms with E-state index in [1.165, 1.54) is 5.56 Å². The topological polar surface area (TPSA) is 58.4 Å². The van der Waals surface area contributed by atoms with Crippen LogP contribution in [0.1, 0.15) is 17.5 Å². The molecule has 1 aliphatic rings. The van der Waals surface area contributed by atoms with E-state index < -0.39 is 0 Å². The zero-order valence-corrected chi connectivity index (χ0v) is 9.98. The van der Waals surface area contributed by atoms with Crippen LogP contribution in [-0.4, -0.2) is 30.4 Å². The maximum atomic E-state index is 11.2. The van der Waals surface area contributed by atoms with E-state index in [2.05, 4.69) is 34.5 Å². The fourth-order valence-electron chi connectivity index (χ4n) is 2.01. The van der Waals surface area contributed by atoms with Gasteiger partial charge in [-0.15, -0.1) is 0 Å². The molecule has 92 valence electrons. The fraction of sp³-hybridized carbons (Fsp3) is 0.462. The van der Waals surface area contributed by atoms with Gasteiger partial charge in [-0.2, -0.15) is 0 Å². The molecule has 17 heavy (non-hydrogen) atoms. The van der Waals surface area contributed by atoms with Crippen molar-refractivity contribution in [2.45, 2.75) is 19.5 Å². The average molecular weight is 233 g/mol. The molecule has 0 radical (unpaired) electrons. The van der Waals surface area contributed by atoms with Crippen molar-refractivity contribution >= 4 is 5.91 Å². The van der Waals surface area contributed by atoms with Gasteiger partial charge in [-0.3, -0.25) is 9.69 Å². The molecule has 3 N–H and O–H groups in total. The summed E-state index contributed by atoms with van der Waals surface area (Å²) in [4.78, 5) is 13.5. The van der Waals surface area contributed by atoms with Crippen molar-refractivity contribution < 1.29 is 4.79 Å². The predicted molar refractivity (Wildman–Crippen MR) is 67.2 cm³/mol. The number of hydrogen-bond donors (Lipinski definition) is 2. The third-order valence-electron chi connectivity index (χ3n) is 3.07. The summed E-state index contributed by atoms with van der Waals surface area (Å²) in [6.45, 7) is 4.00. The van der Waals surface area contributed by atoms with Gasteiger partial charge in [0.1, 0.15) is 0 Å². The van der Waals surface area contributed by atoms with Gasteiger partial charge in [-0.25, -0.2) is 0 Å². The van der Waals surface area contributed by atoms with Crippen LogP contribution in [0.15, 0.2) is 24.3 Å². The van der Waals surface area contributed by atoms with Crippen molar-refractivity contribution in [1.29, 1.82) is 0 Å². The molecule has 0 aliphatic carbocycles. The standard InChI is InChI=1S/C13H19N3O/c14-9-11-1-3-12(4-2-11)10-16-7-5-13(17)15-6-8-16/h1-4H,5-10,14H2,(H,15,17). The second kappa shape index (κ2) is 5.80. The summed E-state index contributed by atoms with van der Waals surface area (Å²) in [6, 6.07) is 8.36. The highest BCUT2D eigenvalue weighted by molar-refractivity contribution is 5.76. The van der Waals surface area contributed by atoms with Gasteiger partial charge >= 0.3 is 0 Å². The van der Waals surface area contributed by atoms with Crippen LogP contribution in [0.2, 0.25) is 0 Å². The van der Waals surface area contributed by atoms with E-state index in [4.69, 9.17) is 5.73 Å². The molecule has 0 spiro atoms. The minimum Gasteiger partial charge on any atom is -0.355 e. The Morgan fingerprint density at radius 3 is 2.59 bits per heavy atom. The van der Waals surface area contributed by atoms with Gasteiger partial charge in [0.25, 0.3) is 0 Å². The molecule has 1 heterocycles. The quantitative estimate of drug-likeness (QED) is 0.798. The Morgan fingerprint density at radius 1 is 1.18 bits per heavy atom. The van der Waals surface area contributed by atoms with Crippen LogP contribution < -0.4 is 11.1 Å². The van der Waals surface area contributed by atoms with Crippen LogP contribution >= 0.6 is 0 Å². The smallest absolute Gasteiger partial charge is 0.221 e. The molecule has 0 bridgehead atoms. The first-order valence-electron chi connectivity index (χ1n) is 6.05. The number of benzene rings is 1. The second-order valence-corrected chi connectivity index (χ2v) is 4.40. The zero-order valence-electron chi connectivity index (χ0n) is 9.98. The Morgan fingerprint density at radius 2 is 1.88 bits per heavy atom. The van der Waals surface area contributed by atoms with Crippen molar-refractivity contribution in [2.24, 2.45) is 5.73 Å². The van der Waals surface area contributed by atoms with Crippen LogP contribution in [0.25, 0.3) is 0 Å². The number of hydrogen-bond acceptors (Lipinski definition) is 3. The van der Waals surface area contributed by atoms with Crippen molar-refractivity contribution in [3.05, 3.63) is 35.4 Å².